The lowest BCUT2D eigenvalue weighted by atomic mass is 9.86. The molecule has 3 heterocycles. The van der Waals surface area contributed by atoms with E-state index in [-0.39, 0.29) is 11.8 Å². The Bertz CT molecular complexity index is 741. The molecule has 130 valence electrons. The zero-order valence-electron chi connectivity index (χ0n) is 14.1. The Morgan fingerprint density at radius 1 is 1.20 bits per heavy atom. The second kappa shape index (κ2) is 7.19. The van der Waals surface area contributed by atoms with Crippen LogP contribution in [0.4, 0.5) is 11.5 Å². The fourth-order valence-electron chi connectivity index (χ4n) is 3.55. The number of rotatable bonds is 3. The average molecular weight is 338 g/mol. The fraction of sp³-hybridized carbons (Fsp3) is 0.421. The number of hydrogen-bond acceptors (Lipinski definition) is 5. The first-order valence-electron chi connectivity index (χ1n) is 8.85. The molecule has 2 aromatic heterocycles. The molecule has 1 aliphatic carbocycles. The summed E-state index contributed by atoms with van der Waals surface area (Å²) in [7, 11) is 0. The molecule has 6 nitrogen and oxygen atoms in total. The highest BCUT2D eigenvalue weighted by Crippen LogP contribution is 2.30. The number of fused-ring (bicyclic) bond motifs is 1. The standard InChI is InChI=1S/C19H22N4O2/c24-19(16-5-1-3-14-4-2-8-20-18(14)16)22-17-7-6-15(13-21-17)23-9-11-25-12-10-23/h2,4,6-8,13,16H,1,3,5,9-12H2,(H,21,22,24). The Morgan fingerprint density at radius 3 is 2.88 bits per heavy atom. The summed E-state index contributed by atoms with van der Waals surface area (Å²) >= 11 is 0. The van der Waals surface area contributed by atoms with Crippen molar-refractivity contribution in [3.05, 3.63) is 47.9 Å². The first-order chi connectivity index (χ1) is 12.3. The Kier molecular flexibility index (Phi) is 4.61. The van der Waals surface area contributed by atoms with Crippen molar-refractivity contribution in [3.63, 3.8) is 0 Å². The summed E-state index contributed by atoms with van der Waals surface area (Å²) in [4.78, 5) is 23.8. The maximum absolute atomic E-state index is 12.7. The Morgan fingerprint density at radius 2 is 2.08 bits per heavy atom. The van der Waals surface area contributed by atoms with Crippen molar-refractivity contribution in [2.24, 2.45) is 0 Å². The summed E-state index contributed by atoms with van der Waals surface area (Å²) in [5, 5.41) is 2.95. The van der Waals surface area contributed by atoms with Crippen LogP contribution in [-0.4, -0.2) is 42.2 Å². The van der Waals surface area contributed by atoms with E-state index >= 15 is 0 Å². The molecule has 6 heteroatoms. The van der Waals surface area contributed by atoms with Crippen molar-refractivity contribution in [1.82, 2.24) is 9.97 Å². The molecule has 1 atom stereocenters. The van der Waals surface area contributed by atoms with Gasteiger partial charge in [0.1, 0.15) is 5.82 Å². The number of ether oxygens (including phenoxy) is 1. The van der Waals surface area contributed by atoms with E-state index in [1.165, 1.54) is 5.56 Å². The first-order valence-corrected chi connectivity index (χ1v) is 8.85. The summed E-state index contributed by atoms with van der Waals surface area (Å²) in [6, 6.07) is 7.87. The summed E-state index contributed by atoms with van der Waals surface area (Å²) in [5.74, 6) is 0.377. The normalized spacial score (nSPS) is 20.0. The van der Waals surface area contributed by atoms with Crippen LogP contribution in [0.15, 0.2) is 36.7 Å². The van der Waals surface area contributed by atoms with E-state index in [1.54, 1.807) is 6.20 Å². The zero-order chi connectivity index (χ0) is 17.1. The smallest absolute Gasteiger partial charge is 0.234 e. The molecule has 0 saturated carbocycles. The minimum Gasteiger partial charge on any atom is -0.378 e. The van der Waals surface area contributed by atoms with Gasteiger partial charge in [-0.15, -0.1) is 0 Å². The highest BCUT2D eigenvalue weighted by Gasteiger charge is 2.27. The topological polar surface area (TPSA) is 67.4 Å². The third-order valence-corrected chi connectivity index (χ3v) is 4.89. The molecule has 1 aliphatic heterocycles. The second-order valence-electron chi connectivity index (χ2n) is 6.48. The lowest BCUT2D eigenvalue weighted by Crippen LogP contribution is -2.36. The molecule has 1 fully saturated rings. The molecular formula is C19H22N4O2. The summed E-state index contributed by atoms with van der Waals surface area (Å²) in [6.45, 7) is 3.23. The number of amides is 1. The molecule has 1 N–H and O–H groups in total. The molecule has 1 saturated heterocycles. The van der Waals surface area contributed by atoms with Crippen molar-refractivity contribution in [1.29, 1.82) is 0 Å². The van der Waals surface area contributed by atoms with Crippen molar-refractivity contribution < 1.29 is 9.53 Å². The van der Waals surface area contributed by atoms with Gasteiger partial charge in [0.2, 0.25) is 5.91 Å². The molecule has 25 heavy (non-hydrogen) atoms. The number of morpholine rings is 1. The van der Waals surface area contributed by atoms with Crippen molar-refractivity contribution in [3.8, 4) is 0 Å². The molecule has 0 aromatic carbocycles. The van der Waals surface area contributed by atoms with Crippen LogP contribution in [0.5, 0.6) is 0 Å². The van der Waals surface area contributed by atoms with E-state index < -0.39 is 0 Å². The molecular weight excluding hydrogens is 316 g/mol. The van der Waals surface area contributed by atoms with Crippen LogP contribution in [0, 0.1) is 0 Å². The van der Waals surface area contributed by atoms with Crippen LogP contribution < -0.4 is 10.2 Å². The third kappa shape index (κ3) is 3.49. The summed E-state index contributed by atoms with van der Waals surface area (Å²) in [6.07, 6.45) is 6.43. The molecule has 0 spiro atoms. The van der Waals surface area contributed by atoms with Gasteiger partial charge in [-0.25, -0.2) is 4.98 Å². The monoisotopic (exact) mass is 338 g/mol. The van der Waals surface area contributed by atoms with Gasteiger partial charge >= 0.3 is 0 Å². The minimum atomic E-state index is -0.189. The minimum absolute atomic E-state index is 0.0220. The maximum Gasteiger partial charge on any atom is 0.234 e. The summed E-state index contributed by atoms with van der Waals surface area (Å²) in [5.41, 5.74) is 3.16. The number of pyridine rings is 2. The quantitative estimate of drug-likeness (QED) is 0.931. The van der Waals surface area contributed by atoms with Gasteiger partial charge in [-0.1, -0.05) is 6.07 Å². The van der Waals surface area contributed by atoms with Crippen molar-refractivity contribution in [2.75, 3.05) is 36.5 Å². The Hall–Kier alpha value is -2.47. The lowest BCUT2D eigenvalue weighted by molar-refractivity contribution is -0.118. The molecule has 4 rings (SSSR count). The number of carbonyl (C=O) groups is 1. The Labute approximate surface area is 147 Å². The maximum atomic E-state index is 12.7. The second-order valence-corrected chi connectivity index (χ2v) is 6.48. The van der Waals surface area contributed by atoms with Gasteiger partial charge in [0.15, 0.2) is 0 Å². The number of carbonyl (C=O) groups excluding carboxylic acids is 1. The van der Waals surface area contributed by atoms with Gasteiger partial charge in [-0.05, 0) is 43.0 Å². The van der Waals surface area contributed by atoms with Gasteiger partial charge < -0.3 is 15.0 Å². The first kappa shape index (κ1) is 16.0. The van der Waals surface area contributed by atoms with Crippen LogP contribution in [0.1, 0.15) is 30.0 Å². The summed E-state index contributed by atoms with van der Waals surface area (Å²) < 4.78 is 5.37. The predicted molar refractivity (Wildman–Crippen MR) is 95.8 cm³/mol. The number of aryl methyl sites for hydroxylation is 1. The van der Waals surface area contributed by atoms with E-state index in [4.69, 9.17) is 4.74 Å². The molecule has 1 amide bonds. The highest BCUT2D eigenvalue weighted by atomic mass is 16.5. The van der Waals surface area contributed by atoms with E-state index in [0.717, 1.165) is 56.9 Å². The highest BCUT2D eigenvalue weighted by molar-refractivity contribution is 5.95. The molecule has 2 aromatic rings. The van der Waals surface area contributed by atoms with E-state index in [9.17, 15) is 4.79 Å². The van der Waals surface area contributed by atoms with Gasteiger partial charge in [0.05, 0.1) is 36.7 Å². The number of nitrogens with zero attached hydrogens (tertiary/aromatic N) is 3. The zero-order valence-corrected chi connectivity index (χ0v) is 14.1. The number of nitrogens with one attached hydrogen (secondary N) is 1. The van der Waals surface area contributed by atoms with Gasteiger partial charge in [-0.2, -0.15) is 0 Å². The van der Waals surface area contributed by atoms with Gasteiger partial charge in [0, 0.05) is 19.3 Å². The average Bonchev–Trinajstić information content (AvgIpc) is 2.69. The van der Waals surface area contributed by atoms with Crippen LogP contribution >= 0.6 is 0 Å². The predicted octanol–water partition coefficient (Wildman–Crippen LogP) is 2.37. The van der Waals surface area contributed by atoms with Crippen LogP contribution in [0.3, 0.4) is 0 Å². The van der Waals surface area contributed by atoms with Gasteiger partial charge in [-0.3, -0.25) is 9.78 Å². The van der Waals surface area contributed by atoms with E-state index in [2.05, 4.69) is 26.3 Å². The Balaban J connectivity index is 1.44. The molecule has 0 bridgehead atoms. The van der Waals surface area contributed by atoms with Crippen molar-refractivity contribution >= 4 is 17.4 Å². The largest absolute Gasteiger partial charge is 0.378 e. The van der Waals surface area contributed by atoms with Crippen LogP contribution in [0.2, 0.25) is 0 Å². The number of hydrogen-bond donors (Lipinski definition) is 1. The molecule has 1 unspecified atom stereocenters. The number of aromatic nitrogens is 2. The molecule has 2 aliphatic rings. The van der Waals surface area contributed by atoms with E-state index in [0.29, 0.717) is 5.82 Å². The SMILES string of the molecule is O=C(Nc1ccc(N2CCOCC2)cn1)C1CCCc2cccnc21. The fourth-order valence-corrected chi connectivity index (χ4v) is 3.55. The van der Waals surface area contributed by atoms with E-state index in [1.807, 2.05) is 24.4 Å². The molecule has 0 radical (unpaired) electrons. The van der Waals surface area contributed by atoms with Crippen LogP contribution in [-0.2, 0) is 16.0 Å². The lowest BCUT2D eigenvalue weighted by Gasteiger charge is -2.28. The number of anilines is 2. The van der Waals surface area contributed by atoms with Gasteiger partial charge in [0.25, 0.3) is 0 Å². The van der Waals surface area contributed by atoms with Crippen LogP contribution in [0.25, 0.3) is 0 Å². The third-order valence-electron chi connectivity index (χ3n) is 4.89. The van der Waals surface area contributed by atoms with Crippen molar-refractivity contribution in [2.45, 2.75) is 25.2 Å².